The van der Waals surface area contributed by atoms with Crippen LogP contribution in [0.1, 0.15) is 12.8 Å². The van der Waals surface area contributed by atoms with E-state index in [1.165, 1.54) is 0 Å². The molecule has 1 aromatic carbocycles. The van der Waals surface area contributed by atoms with E-state index in [2.05, 4.69) is 10.2 Å². The van der Waals surface area contributed by atoms with Crippen LogP contribution in [0.3, 0.4) is 0 Å². The number of nitrogens with one attached hydrogen (secondary N) is 1. The third-order valence-electron chi connectivity index (χ3n) is 3.74. The van der Waals surface area contributed by atoms with E-state index in [1.54, 1.807) is 0 Å². The summed E-state index contributed by atoms with van der Waals surface area (Å²) in [6.07, 6.45) is 1.12. The summed E-state index contributed by atoms with van der Waals surface area (Å²) < 4.78 is 5.68. The van der Waals surface area contributed by atoms with Gasteiger partial charge in [0.2, 0.25) is 0 Å². The van der Waals surface area contributed by atoms with Crippen LogP contribution in [0.25, 0.3) is 0 Å². The molecule has 0 aliphatic carbocycles. The first kappa shape index (κ1) is 15.9. The van der Waals surface area contributed by atoms with E-state index in [4.69, 9.17) is 21.4 Å². The minimum Gasteiger partial charge on any atom is -0.492 e. The Kier molecular flexibility index (Phi) is 6.14. The molecule has 1 fully saturated rings. The van der Waals surface area contributed by atoms with Gasteiger partial charge >= 0.3 is 6.09 Å². The molecule has 6 heteroatoms. The largest absolute Gasteiger partial charge is 0.492 e. The van der Waals surface area contributed by atoms with Gasteiger partial charge in [0.25, 0.3) is 0 Å². The predicted molar refractivity (Wildman–Crippen MR) is 82.1 cm³/mol. The van der Waals surface area contributed by atoms with Gasteiger partial charge < -0.3 is 15.2 Å². The van der Waals surface area contributed by atoms with E-state index in [-0.39, 0.29) is 0 Å². The summed E-state index contributed by atoms with van der Waals surface area (Å²) in [6, 6.07) is 7.37. The lowest BCUT2D eigenvalue weighted by molar-refractivity contribution is 0.150. The van der Waals surface area contributed by atoms with Crippen molar-refractivity contribution in [3.05, 3.63) is 29.3 Å². The van der Waals surface area contributed by atoms with E-state index in [1.807, 2.05) is 24.3 Å². The zero-order valence-electron chi connectivity index (χ0n) is 11.9. The lowest BCUT2D eigenvalue weighted by Crippen LogP contribution is -2.39. The maximum absolute atomic E-state index is 10.5. The molecule has 1 amide bonds. The Labute approximate surface area is 129 Å². The molecule has 1 aromatic rings. The number of hydrogen-bond acceptors (Lipinski definition) is 3. The van der Waals surface area contributed by atoms with Crippen molar-refractivity contribution in [1.29, 1.82) is 0 Å². The topological polar surface area (TPSA) is 61.8 Å². The molecule has 21 heavy (non-hydrogen) atoms. The van der Waals surface area contributed by atoms with Crippen LogP contribution in [0, 0.1) is 5.92 Å². The number of hydrogen-bond donors (Lipinski definition) is 2. The fraction of sp³-hybridized carbons (Fsp3) is 0.533. The van der Waals surface area contributed by atoms with Crippen LogP contribution >= 0.6 is 11.6 Å². The standard InChI is InChI=1S/C15H21ClN2O3/c16-13-1-3-14(4-2-13)21-10-9-18-7-5-12(6-8-18)11-17-15(19)20/h1-4,12,17H,5-11H2,(H,19,20). The first-order chi connectivity index (χ1) is 10.1. The number of benzene rings is 1. The van der Waals surface area contributed by atoms with Crippen molar-refractivity contribution in [1.82, 2.24) is 10.2 Å². The second-order valence-electron chi connectivity index (χ2n) is 5.27. The number of carbonyl (C=O) groups is 1. The van der Waals surface area contributed by atoms with Crippen molar-refractivity contribution in [2.75, 3.05) is 32.8 Å². The third kappa shape index (κ3) is 5.81. The molecule has 2 rings (SSSR count). The van der Waals surface area contributed by atoms with Gasteiger partial charge in [-0.05, 0) is 56.1 Å². The van der Waals surface area contributed by atoms with Crippen molar-refractivity contribution < 1.29 is 14.6 Å². The van der Waals surface area contributed by atoms with Crippen LogP contribution in [-0.4, -0.2) is 48.9 Å². The molecule has 0 bridgehead atoms. The molecular weight excluding hydrogens is 292 g/mol. The number of amides is 1. The normalized spacial score (nSPS) is 16.6. The minimum atomic E-state index is -0.936. The molecule has 0 radical (unpaired) electrons. The molecule has 0 aromatic heterocycles. The van der Waals surface area contributed by atoms with E-state index in [0.717, 1.165) is 38.2 Å². The van der Waals surface area contributed by atoms with Crippen LogP contribution in [0.5, 0.6) is 5.75 Å². The summed E-state index contributed by atoms with van der Waals surface area (Å²) in [6.45, 7) is 4.09. The highest BCUT2D eigenvalue weighted by Crippen LogP contribution is 2.17. The summed E-state index contributed by atoms with van der Waals surface area (Å²) in [7, 11) is 0. The summed E-state index contributed by atoms with van der Waals surface area (Å²) in [5, 5.41) is 11.8. The lowest BCUT2D eigenvalue weighted by Gasteiger charge is -2.31. The monoisotopic (exact) mass is 312 g/mol. The quantitative estimate of drug-likeness (QED) is 0.848. The molecule has 0 unspecified atom stereocenters. The van der Waals surface area contributed by atoms with E-state index < -0.39 is 6.09 Å². The van der Waals surface area contributed by atoms with Gasteiger partial charge in [-0.2, -0.15) is 0 Å². The fourth-order valence-corrected chi connectivity index (χ4v) is 2.60. The number of rotatable bonds is 6. The van der Waals surface area contributed by atoms with E-state index in [9.17, 15) is 4.79 Å². The molecular formula is C15H21ClN2O3. The average Bonchev–Trinajstić information content (AvgIpc) is 2.48. The van der Waals surface area contributed by atoms with Gasteiger partial charge in [0.15, 0.2) is 0 Å². The zero-order chi connectivity index (χ0) is 15.1. The maximum Gasteiger partial charge on any atom is 0.404 e. The van der Waals surface area contributed by atoms with Gasteiger partial charge in [0.1, 0.15) is 12.4 Å². The zero-order valence-corrected chi connectivity index (χ0v) is 12.7. The van der Waals surface area contributed by atoms with Crippen LogP contribution in [-0.2, 0) is 0 Å². The molecule has 5 nitrogen and oxygen atoms in total. The summed E-state index contributed by atoms with van der Waals surface area (Å²) in [4.78, 5) is 12.8. The third-order valence-corrected chi connectivity index (χ3v) is 3.99. The van der Waals surface area contributed by atoms with Crippen molar-refractivity contribution in [2.45, 2.75) is 12.8 Å². The van der Waals surface area contributed by atoms with Crippen molar-refractivity contribution in [3.8, 4) is 5.75 Å². The molecule has 1 saturated heterocycles. The first-order valence-corrected chi connectivity index (χ1v) is 7.59. The fourth-order valence-electron chi connectivity index (χ4n) is 2.47. The molecule has 0 atom stereocenters. The SMILES string of the molecule is O=C(O)NCC1CCN(CCOc2ccc(Cl)cc2)CC1. The molecule has 0 saturated carbocycles. The Morgan fingerprint density at radius 2 is 2.00 bits per heavy atom. The van der Waals surface area contributed by atoms with Crippen LogP contribution in [0.4, 0.5) is 4.79 Å². The van der Waals surface area contributed by atoms with Crippen LogP contribution in [0.15, 0.2) is 24.3 Å². The Morgan fingerprint density at radius 3 is 2.62 bits per heavy atom. The van der Waals surface area contributed by atoms with E-state index in [0.29, 0.717) is 24.1 Å². The van der Waals surface area contributed by atoms with Crippen molar-refractivity contribution in [2.24, 2.45) is 5.92 Å². The first-order valence-electron chi connectivity index (χ1n) is 7.21. The molecule has 1 aliphatic heterocycles. The summed E-state index contributed by atoms with van der Waals surface area (Å²) in [5.41, 5.74) is 0. The van der Waals surface area contributed by atoms with Crippen LogP contribution in [0.2, 0.25) is 5.02 Å². The van der Waals surface area contributed by atoms with Gasteiger partial charge in [0.05, 0.1) is 0 Å². The van der Waals surface area contributed by atoms with Gasteiger partial charge in [0, 0.05) is 18.1 Å². The molecule has 2 N–H and O–H groups in total. The number of carboxylic acid groups (broad SMARTS) is 1. The number of nitrogens with zero attached hydrogens (tertiary/aromatic N) is 1. The number of likely N-dealkylation sites (tertiary alicyclic amines) is 1. The maximum atomic E-state index is 10.5. The van der Waals surface area contributed by atoms with Gasteiger partial charge in [-0.3, -0.25) is 4.90 Å². The highest BCUT2D eigenvalue weighted by Gasteiger charge is 2.19. The molecule has 1 heterocycles. The number of halogens is 1. The lowest BCUT2D eigenvalue weighted by atomic mass is 9.97. The summed E-state index contributed by atoms with van der Waals surface area (Å²) >= 11 is 5.82. The van der Waals surface area contributed by atoms with E-state index >= 15 is 0 Å². The smallest absolute Gasteiger partial charge is 0.404 e. The van der Waals surface area contributed by atoms with Crippen LogP contribution < -0.4 is 10.1 Å². The van der Waals surface area contributed by atoms with Gasteiger partial charge in [-0.15, -0.1) is 0 Å². The molecule has 116 valence electrons. The number of piperidine rings is 1. The Morgan fingerprint density at radius 1 is 1.33 bits per heavy atom. The minimum absolute atomic E-state index is 0.453. The highest BCUT2D eigenvalue weighted by molar-refractivity contribution is 6.30. The van der Waals surface area contributed by atoms with Gasteiger partial charge in [-0.25, -0.2) is 4.79 Å². The second-order valence-corrected chi connectivity index (χ2v) is 5.71. The Balaban J connectivity index is 1.60. The Hall–Kier alpha value is -1.46. The molecule has 1 aliphatic rings. The average molecular weight is 313 g/mol. The second kappa shape index (κ2) is 8.10. The predicted octanol–water partition coefficient (Wildman–Crippen LogP) is 2.70. The number of ether oxygens (including phenoxy) is 1. The molecule has 0 spiro atoms. The summed E-state index contributed by atoms with van der Waals surface area (Å²) in [5.74, 6) is 1.29. The van der Waals surface area contributed by atoms with Crippen molar-refractivity contribution in [3.63, 3.8) is 0 Å². The van der Waals surface area contributed by atoms with Gasteiger partial charge in [-0.1, -0.05) is 11.6 Å². The Bertz CT molecular complexity index is 445. The van der Waals surface area contributed by atoms with Crippen molar-refractivity contribution >= 4 is 17.7 Å². The highest BCUT2D eigenvalue weighted by atomic mass is 35.5.